The van der Waals surface area contributed by atoms with Crippen LogP contribution < -0.4 is 0 Å². The van der Waals surface area contributed by atoms with Gasteiger partial charge >= 0.3 is 0 Å². The maximum Gasteiger partial charge on any atom is 0.0784 e. The highest BCUT2D eigenvalue weighted by Crippen LogP contribution is 2.36. The van der Waals surface area contributed by atoms with Crippen molar-refractivity contribution in [2.45, 2.75) is 33.6 Å². The molecule has 4 aromatic carbocycles. The summed E-state index contributed by atoms with van der Waals surface area (Å²) in [4.78, 5) is 5.28. The van der Waals surface area contributed by atoms with Crippen molar-refractivity contribution in [1.82, 2.24) is 4.98 Å². The number of rotatable bonds is 4. The third kappa shape index (κ3) is 4.19. The van der Waals surface area contributed by atoms with Crippen LogP contribution in [-0.2, 0) is 0 Å². The van der Waals surface area contributed by atoms with Gasteiger partial charge in [0.25, 0.3) is 0 Å². The largest absolute Gasteiger partial charge is 0.247 e. The number of aromatic nitrogens is 1. The normalized spacial score (nSPS) is 11.3. The number of fused-ring (bicyclic) bond motifs is 2. The average molecular weight is 428 g/mol. The van der Waals surface area contributed by atoms with Crippen LogP contribution in [0.4, 0.5) is 0 Å². The molecule has 162 valence electrons. The zero-order chi connectivity index (χ0) is 22.9. The molecule has 0 spiro atoms. The van der Waals surface area contributed by atoms with Crippen LogP contribution in [0, 0.1) is 0 Å². The Morgan fingerprint density at radius 3 is 1.79 bits per heavy atom. The van der Waals surface area contributed by atoms with Crippen LogP contribution in [0.3, 0.4) is 0 Å². The quantitative estimate of drug-likeness (QED) is 0.278. The monoisotopic (exact) mass is 427 g/mol. The van der Waals surface area contributed by atoms with E-state index in [0.717, 1.165) is 22.5 Å². The molecule has 0 N–H and O–H groups in total. The lowest BCUT2D eigenvalue weighted by Gasteiger charge is -2.18. The van der Waals surface area contributed by atoms with E-state index in [0.29, 0.717) is 5.92 Å². The fraction of sp³-hybridized carbons (Fsp3) is 0.156. The van der Waals surface area contributed by atoms with Gasteiger partial charge in [0.2, 0.25) is 0 Å². The highest BCUT2D eigenvalue weighted by Gasteiger charge is 2.17. The molecule has 5 aromatic rings. The summed E-state index contributed by atoms with van der Waals surface area (Å²) in [6.45, 7) is 8.86. The fourth-order valence-electron chi connectivity index (χ4n) is 4.55. The van der Waals surface area contributed by atoms with Crippen LogP contribution in [0.25, 0.3) is 50.1 Å². The maximum atomic E-state index is 5.28. The summed E-state index contributed by atoms with van der Waals surface area (Å²) in [5.74, 6) is 0.386. The standard InChI is InChI=1S/C32H29N/c1-21(2)17-30-29(22(3)4)20-31(27-15-13-23-9-5-7-11-25(23)18-27)33-32(30)28-16-14-24-10-6-8-12-26(24)19-28/h5-20,22H,1-4H3. The fourth-order valence-corrected chi connectivity index (χ4v) is 4.55. The predicted molar refractivity (Wildman–Crippen MR) is 144 cm³/mol. The molecule has 1 heteroatoms. The van der Waals surface area contributed by atoms with Gasteiger partial charge in [-0.3, -0.25) is 0 Å². The van der Waals surface area contributed by atoms with Crippen molar-refractivity contribution in [2.75, 3.05) is 0 Å². The van der Waals surface area contributed by atoms with Gasteiger partial charge in [-0.05, 0) is 65.1 Å². The number of hydrogen-bond donors (Lipinski definition) is 0. The van der Waals surface area contributed by atoms with E-state index in [1.165, 1.54) is 38.2 Å². The van der Waals surface area contributed by atoms with Crippen LogP contribution in [-0.4, -0.2) is 4.98 Å². The van der Waals surface area contributed by atoms with Gasteiger partial charge in [0.15, 0.2) is 0 Å². The Bertz CT molecular complexity index is 1500. The number of pyridine rings is 1. The molecule has 1 nitrogen and oxygen atoms in total. The molecule has 0 radical (unpaired) electrons. The number of allylic oxidation sites excluding steroid dienone is 1. The second-order valence-electron chi connectivity index (χ2n) is 9.36. The smallest absolute Gasteiger partial charge is 0.0784 e. The van der Waals surface area contributed by atoms with Crippen molar-refractivity contribution < 1.29 is 0 Å². The highest BCUT2D eigenvalue weighted by molar-refractivity contribution is 5.90. The lowest BCUT2D eigenvalue weighted by atomic mass is 9.90. The first kappa shape index (κ1) is 21.2. The van der Waals surface area contributed by atoms with E-state index in [1.54, 1.807) is 0 Å². The summed E-state index contributed by atoms with van der Waals surface area (Å²) in [6.07, 6.45) is 2.29. The Morgan fingerprint density at radius 1 is 0.667 bits per heavy atom. The van der Waals surface area contributed by atoms with E-state index in [9.17, 15) is 0 Å². The Hall–Kier alpha value is -3.71. The molecule has 0 aliphatic heterocycles. The van der Waals surface area contributed by atoms with Gasteiger partial charge in [0, 0.05) is 16.7 Å². The molecule has 0 unspecified atom stereocenters. The molecular formula is C32H29N. The molecule has 0 bridgehead atoms. The summed E-state index contributed by atoms with van der Waals surface area (Å²) < 4.78 is 0. The van der Waals surface area contributed by atoms with E-state index in [1.807, 2.05) is 0 Å². The van der Waals surface area contributed by atoms with Crippen molar-refractivity contribution in [3.63, 3.8) is 0 Å². The van der Waals surface area contributed by atoms with Gasteiger partial charge in [-0.1, -0.05) is 98.3 Å². The Kier molecular flexibility index (Phi) is 5.56. The van der Waals surface area contributed by atoms with Gasteiger partial charge in [0.05, 0.1) is 11.4 Å². The Morgan fingerprint density at radius 2 is 1.21 bits per heavy atom. The minimum absolute atomic E-state index is 0.386. The minimum Gasteiger partial charge on any atom is -0.247 e. The molecule has 0 atom stereocenters. The summed E-state index contributed by atoms with van der Waals surface area (Å²) in [7, 11) is 0. The number of hydrogen-bond acceptors (Lipinski definition) is 1. The van der Waals surface area contributed by atoms with Crippen LogP contribution in [0.2, 0.25) is 0 Å². The van der Waals surface area contributed by atoms with Crippen LogP contribution >= 0.6 is 0 Å². The first-order valence-corrected chi connectivity index (χ1v) is 11.7. The highest BCUT2D eigenvalue weighted by atomic mass is 14.7. The second kappa shape index (κ2) is 8.67. The molecule has 0 saturated heterocycles. The first-order chi connectivity index (χ1) is 16.0. The van der Waals surface area contributed by atoms with Gasteiger partial charge < -0.3 is 0 Å². The molecule has 0 aliphatic rings. The first-order valence-electron chi connectivity index (χ1n) is 11.7. The predicted octanol–water partition coefficient (Wildman–Crippen LogP) is 9.27. The van der Waals surface area contributed by atoms with Crippen molar-refractivity contribution in [3.05, 3.63) is 108 Å². The van der Waals surface area contributed by atoms with E-state index in [2.05, 4.69) is 125 Å². The van der Waals surface area contributed by atoms with Crippen molar-refractivity contribution in [2.24, 2.45) is 0 Å². The lowest BCUT2D eigenvalue weighted by molar-refractivity contribution is 0.861. The number of nitrogens with zero attached hydrogens (tertiary/aromatic N) is 1. The molecule has 0 amide bonds. The van der Waals surface area contributed by atoms with E-state index < -0.39 is 0 Å². The zero-order valence-corrected chi connectivity index (χ0v) is 19.8. The van der Waals surface area contributed by atoms with Crippen molar-refractivity contribution in [3.8, 4) is 22.5 Å². The third-order valence-electron chi connectivity index (χ3n) is 6.21. The lowest BCUT2D eigenvalue weighted by Crippen LogP contribution is -2.01. The van der Waals surface area contributed by atoms with Crippen LogP contribution in [0.1, 0.15) is 44.7 Å². The Balaban J connectivity index is 1.79. The van der Waals surface area contributed by atoms with Gasteiger partial charge in [-0.25, -0.2) is 4.98 Å². The van der Waals surface area contributed by atoms with Crippen molar-refractivity contribution in [1.29, 1.82) is 0 Å². The zero-order valence-electron chi connectivity index (χ0n) is 19.8. The second-order valence-corrected chi connectivity index (χ2v) is 9.36. The van der Waals surface area contributed by atoms with Gasteiger partial charge in [-0.15, -0.1) is 0 Å². The maximum absolute atomic E-state index is 5.28. The minimum atomic E-state index is 0.386. The average Bonchev–Trinajstić information content (AvgIpc) is 2.83. The van der Waals surface area contributed by atoms with Crippen LogP contribution in [0.5, 0.6) is 0 Å². The molecule has 0 aliphatic carbocycles. The SMILES string of the molecule is CC(C)=Cc1c(C(C)C)cc(-c2ccc3ccccc3c2)nc1-c1ccc2ccccc2c1. The van der Waals surface area contributed by atoms with Crippen LogP contribution in [0.15, 0.2) is 96.6 Å². The molecule has 0 saturated carbocycles. The third-order valence-corrected chi connectivity index (χ3v) is 6.21. The van der Waals surface area contributed by atoms with Gasteiger partial charge in [-0.2, -0.15) is 0 Å². The molecule has 1 aromatic heterocycles. The molecule has 5 rings (SSSR count). The van der Waals surface area contributed by atoms with Crippen molar-refractivity contribution >= 4 is 27.6 Å². The summed E-state index contributed by atoms with van der Waals surface area (Å²) in [5, 5.41) is 4.98. The van der Waals surface area contributed by atoms with Gasteiger partial charge in [0.1, 0.15) is 0 Å². The topological polar surface area (TPSA) is 12.9 Å². The summed E-state index contributed by atoms with van der Waals surface area (Å²) in [5.41, 5.74) is 8.23. The van der Waals surface area contributed by atoms with E-state index in [4.69, 9.17) is 4.98 Å². The molecule has 0 fully saturated rings. The summed E-state index contributed by atoms with van der Waals surface area (Å²) in [6, 6.07) is 32.7. The van der Waals surface area contributed by atoms with E-state index in [-0.39, 0.29) is 0 Å². The summed E-state index contributed by atoms with van der Waals surface area (Å²) >= 11 is 0. The molecule has 1 heterocycles. The Labute approximate surface area is 196 Å². The number of benzene rings is 4. The molecule has 33 heavy (non-hydrogen) atoms. The molecular weight excluding hydrogens is 398 g/mol. The van der Waals surface area contributed by atoms with E-state index >= 15 is 0 Å².